The van der Waals surface area contributed by atoms with Gasteiger partial charge >= 0.3 is 15.6 Å². The summed E-state index contributed by atoms with van der Waals surface area (Å²) >= 11 is 0. The second-order valence-electron chi connectivity index (χ2n) is 5.58. The van der Waals surface area contributed by atoms with Crippen LogP contribution in [0.5, 0.6) is 0 Å². The zero-order valence-electron chi connectivity index (χ0n) is 13.8. The van der Waals surface area contributed by atoms with E-state index in [-0.39, 0.29) is 6.42 Å². The van der Waals surface area contributed by atoms with Gasteiger partial charge in [0.15, 0.2) is 11.5 Å². The Labute approximate surface area is 152 Å². The molecular formula is C11H17N5O9P2. The summed E-state index contributed by atoms with van der Waals surface area (Å²) in [6.45, 7) is -0.630. The molecule has 1 fully saturated rings. The number of imidazole rings is 1. The van der Waals surface area contributed by atoms with Crippen molar-refractivity contribution in [2.24, 2.45) is 0 Å². The number of rotatable bonds is 7. The minimum Gasteiger partial charge on any atom is -0.371 e. The van der Waals surface area contributed by atoms with Gasteiger partial charge in [-0.05, 0) is 0 Å². The average Bonchev–Trinajstić information content (AvgIpc) is 3.14. The lowest BCUT2D eigenvalue weighted by Crippen LogP contribution is -2.28. The van der Waals surface area contributed by atoms with Crippen molar-refractivity contribution in [3.8, 4) is 0 Å². The Hall–Kier alpha value is -1.47. The van der Waals surface area contributed by atoms with Crippen LogP contribution in [0.15, 0.2) is 12.7 Å². The van der Waals surface area contributed by atoms with Crippen molar-refractivity contribution in [1.82, 2.24) is 19.5 Å². The summed E-state index contributed by atoms with van der Waals surface area (Å²) in [5.74, 6) is 0.473. The van der Waals surface area contributed by atoms with E-state index in [1.165, 1.54) is 17.2 Å². The first kappa shape index (κ1) is 20.3. The minimum absolute atomic E-state index is 0.0371. The maximum Gasteiger partial charge on any atom is 0.469 e. The topological polar surface area (TPSA) is 198 Å². The van der Waals surface area contributed by atoms with Gasteiger partial charge in [-0.25, -0.2) is 24.1 Å². The van der Waals surface area contributed by atoms with E-state index in [4.69, 9.17) is 28.8 Å². The standard InChI is InChI=1S/C11H17N5O9P2/c1-12-10-9-11(14-4-13-10)16(5-15-9)8-2-6(25-27(20,21)22)7(24-8)3-23-26(17,18)19/h4-8H,2-3H2,1H3,(H,12,13,14)(H2,17,18,19)(H2,20,21,22)/t6-,7+,8-/m0/s1. The van der Waals surface area contributed by atoms with Crippen LogP contribution in [-0.4, -0.2) is 65.0 Å². The highest BCUT2D eigenvalue weighted by Gasteiger charge is 2.42. The fourth-order valence-electron chi connectivity index (χ4n) is 2.72. The van der Waals surface area contributed by atoms with Gasteiger partial charge in [0.2, 0.25) is 0 Å². The highest BCUT2D eigenvalue weighted by molar-refractivity contribution is 7.46. The molecule has 14 nitrogen and oxygen atoms in total. The van der Waals surface area contributed by atoms with Crippen LogP contribution in [0.3, 0.4) is 0 Å². The van der Waals surface area contributed by atoms with Crippen molar-refractivity contribution in [2.45, 2.75) is 24.9 Å². The van der Waals surface area contributed by atoms with E-state index in [0.717, 1.165) is 0 Å². The molecule has 3 heterocycles. The number of nitrogens with one attached hydrogen (secondary N) is 1. The molecule has 1 aliphatic heterocycles. The Bertz CT molecular complexity index is 911. The van der Waals surface area contributed by atoms with Crippen molar-refractivity contribution in [3.05, 3.63) is 12.7 Å². The van der Waals surface area contributed by atoms with Crippen LogP contribution in [0, 0.1) is 0 Å². The van der Waals surface area contributed by atoms with E-state index >= 15 is 0 Å². The maximum atomic E-state index is 11.2. The monoisotopic (exact) mass is 425 g/mol. The summed E-state index contributed by atoms with van der Waals surface area (Å²) in [4.78, 5) is 48.2. The van der Waals surface area contributed by atoms with Gasteiger partial charge in [0.1, 0.15) is 30.3 Å². The van der Waals surface area contributed by atoms with E-state index in [9.17, 15) is 9.13 Å². The Morgan fingerprint density at radius 3 is 2.63 bits per heavy atom. The lowest BCUT2D eigenvalue weighted by Gasteiger charge is -2.19. The molecule has 27 heavy (non-hydrogen) atoms. The van der Waals surface area contributed by atoms with E-state index < -0.39 is 40.7 Å². The molecule has 1 saturated heterocycles. The number of phosphoric acid groups is 2. The number of hydrogen-bond donors (Lipinski definition) is 5. The second-order valence-corrected chi connectivity index (χ2v) is 8.01. The predicted molar refractivity (Wildman–Crippen MR) is 88.3 cm³/mol. The normalized spacial score (nSPS) is 23.8. The van der Waals surface area contributed by atoms with Gasteiger partial charge in [0.05, 0.1) is 12.9 Å². The summed E-state index contributed by atoms with van der Waals surface area (Å²) in [6, 6.07) is 0. The van der Waals surface area contributed by atoms with Gasteiger partial charge in [-0.2, -0.15) is 0 Å². The molecule has 2 aromatic heterocycles. The molecule has 0 unspecified atom stereocenters. The average molecular weight is 425 g/mol. The lowest BCUT2D eigenvalue weighted by atomic mass is 10.2. The summed E-state index contributed by atoms with van der Waals surface area (Å²) in [7, 11) is -8.02. The molecule has 150 valence electrons. The first-order valence-electron chi connectivity index (χ1n) is 7.52. The summed E-state index contributed by atoms with van der Waals surface area (Å²) in [5, 5.41) is 2.86. The highest BCUT2D eigenvalue weighted by atomic mass is 31.2. The quantitative estimate of drug-likeness (QED) is 0.364. The van der Waals surface area contributed by atoms with Gasteiger partial charge in [0.25, 0.3) is 0 Å². The number of ether oxygens (including phenoxy) is 1. The van der Waals surface area contributed by atoms with Crippen molar-refractivity contribution in [2.75, 3.05) is 19.0 Å². The Balaban J connectivity index is 1.86. The van der Waals surface area contributed by atoms with E-state index in [0.29, 0.717) is 17.0 Å². The summed E-state index contributed by atoms with van der Waals surface area (Å²) in [6.07, 6.45) is -0.449. The minimum atomic E-state index is -4.87. The largest absolute Gasteiger partial charge is 0.469 e. The first-order valence-corrected chi connectivity index (χ1v) is 10.6. The number of hydrogen-bond acceptors (Lipinski definition) is 9. The molecule has 3 rings (SSSR count). The van der Waals surface area contributed by atoms with E-state index in [2.05, 4.69) is 24.8 Å². The van der Waals surface area contributed by atoms with Crippen LogP contribution >= 0.6 is 15.6 Å². The van der Waals surface area contributed by atoms with Crippen LogP contribution in [-0.2, 0) is 22.9 Å². The number of nitrogens with zero attached hydrogens (tertiary/aromatic N) is 4. The maximum absolute atomic E-state index is 11.2. The molecule has 0 aliphatic carbocycles. The molecule has 0 radical (unpaired) electrons. The molecule has 0 spiro atoms. The smallest absolute Gasteiger partial charge is 0.371 e. The molecule has 0 saturated carbocycles. The fraction of sp³-hybridized carbons (Fsp3) is 0.545. The van der Waals surface area contributed by atoms with Gasteiger partial charge < -0.3 is 29.6 Å². The second kappa shape index (κ2) is 7.51. The zero-order chi connectivity index (χ0) is 19.8. The van der Waals surface area contributed by atoms with Crippen molar-refractivity contribution in [3.63, 3.8) is 0 Å². The van der Waals surface area contributed by atoms with Crippen molar-refractivity contribution >= 4 is 32.6 Å². The Morgan fingerprint density at radius 1 is 1.26 bits per heavy atom. The highest BCUT2D eigenvalue weighted by Crippen LogP contribution is 2.45. The number of anilines is 1. The Kier molecular flexibility index (Phi) is 5.64. The SMILES string of the molecule is CNc1ncnc2c1ncn2[C@@H]1C[C@H](OP(=O)(O)O)[C@@H](COP(=O)(O)O)O1. The lowest BCUT2D eigenvalue weighted by molar-refractivity contribution is -0.0417. The van der Waals surface area contributed by atoms with E-state index in [1.807, 2.05) is 0 Å². The third-order valence-electron chi connectivity index (χ3n) is 3.77. The summed E-state index contributed by atoms with van der Waals surface area (Å²) in [5.41, 5.74) is 0.844. The van der Waals surface area contributed by atoms with Crippen LogP contribution in [0.25, 0.3) is 11.2 Å². The third-order valence-corrected chi connectivity index (χ3v) is 4.80. The molecular weight excluding hydrogens is 408 g/mol. The predicted octanol–water partition coefficient (Wildman–Crippen LogP) is -0.257. The summed E-state index contributed by atoms with van der Waals surface area (Å²) < 4.78 is 38.4. The van der Waals surface area contributed by atoms with Crippen LogP contribution in [0.1, 0.15) is 12.6 Å². The molecule has 0 bridgehead atoms. The molecule has 3 atom stereocenters. The number of phosphoric ester groups is 2. The van der Waals surface area contributed by atoms with Gasteiger partial charge in [-0.1, -0.05) is 0 Å². The molecule has 1 aliphatic rings. The molecule has 0 aromatic carbocycles. The van der Waals surface area contributed by atoms with Crippen LogP contribution in [0.4, 0.5) is 5.82 Å². The van der Waals surface area contributed by atoms with Gasteiger partial charge in [0, 0.05) is 13.5 Å². The van der Waals surface area contributed by atoms with Crippen LogP contribution < -0.4 is 5.32 Å². The third kappa shape index (κ3) is 4.88. The van der Waals surface area contributed by atoms with Gasteiger partial charge in [-0.15, -0.1) is 0 Å². The molecule has 2 aromatic rings. The van der Waals surface area contributed by atoms with E-state index in [1.54, 1.807) is 7.05 Å². The zero-order valence-corrected chi connectivity index (χ0v) is 15.6. The molecule has 5 N–H and O–H groups in total. The molecule has 0 amide bonds. The van der Waals surface area contributed by atoms with Gasteiger partial charge in [-0.3, -0.25) is 13.6 Å². The molecule has 16 heteroatoms. The fourth-order valence-corrected chi connectivity index (χ4v) is 3.64. The number of fused-ring (bicyclic) bond motifs is 1. The van der Waals surface area contributed by atoms with Crippen LogP contribution in [0.2, 0.25) is 0 Å². The van der Waals surface area contributed by atoms with Crippen molar-refractivity contribution < 1.29 is 42.5 Å². The Morgan fingerprint density at radius 2 is 2.00 bits per heavy atom. The first-order chi connectivity index (χ1) is 12.6. The van der Waals surface area contributed by atoms with Crippen molar-refractivity contribution in [1.29, 1.82) is 0 Å². The number of aromatic nitrogens is 4.